The van der Waals surface area contributed by atoms with Gasteiger partial charge in [-0.2, -0.15) is 0 Å². The summed E-state index contributed by atoms with van der Waals surface area (Å²) in [7, 11) is 0. The summed E-state index contributed by atoms with van der Waals surface area (Å²) in [5.41, 5.74) is 1.04. The third-order valence-corrected chi connectivity index (χ3v) is 8.00. The minimum atomic E-state index is -0.636. The van der Waals surface area contributed by atoms with Crippen molar-refractivity contribution in [1.82, 2.24) is 0 Å². The van der Waals surface area contributed by atoms with Crippen molar-refractivity contribution in [3.63, 3.8) is 0 Å². The zero-order valence-electron chi connectivity index (χ0n) is 15.5. The number of rotatable bonds is 1. The summed E-state index contributed by atoms with van der Waals surface area (Å²) in [5, 5.41) is 0. The molecule has 4 aliphatic rings. The highest BCUT2D eigenvalue weighted by Crippen LogP contribution is 2.64. The van der Waals surface area contributed by atoms with Gasteiger partial charge < -0.3 is 4.74 Å². The van der Waals surface area contributed by atoms with Crippen LogP contribution >= 0.6 is 0 Å². The zero-order chi connectivity index (χ0) is 18.0. The number of carbonyl (C=O) groups is 3. The average molecular weight is 344 g/mol. The van der Waals surface area contributed by atoms with Crippen LogP contribution in [0.25, 0.3) is 0 Å². The molecule has 0 heterocycles. The standard InChI is InChI=1S/C21H28O4/c1-12(22)25-18-11-21(3)13(10-17(18)23)4-5-14-15-6-7-19(24)20(15,2)9-8-16(14)21/h10,14-16,18H,4-9,11H2,1-3H3. The number of ketones is 2. The second-order valence-electron chi connectivity index (χ2n) is 9.13. The molecule has 0 spiro atoms. The molecule has 4 heteroatoms. The third kappa shape index (κ3) is 2.36. The largest absolute Gasteiger partial charge is 0.454 e. The molecule has 0 aromatic heterocycles. The molecule has 6 atom stereocenters. The van der Waals surface area contributed by atoms with Gasteiger partial charge in [-0.1, -0.05) is 19.4 Å². The lowest BCUT2D eigenvalue weighted by Gasteiger charge is -2.57. The van der Waals surface area contributed by atoms with Crippen LogP contribution in [0.2, 0.25) is 0 Å². The summed E-state index contributed by atoms with van der Waals surface area (Å²) in [5.74, 6) is 1.55. The van der Waals surface area contributed by atoms with Gasteiger partial charge in [0.15, 0.2) is 11.9 Å². The fourth-order valence-corrected chi connectivity index (χ4v) is 6.67. The molecule has 0 aliphatic heterocycles. The quantitative estimate of drug-likeness (QED) is 0.682. The molecule has 25 heavy (non-hydrogen) atoms. The third-order valence-electron chi connectivity index (χ3n) is 8.00. The van der Waals surface area contributed by atoms with Gasteiger partial charge in [-0.15, -0.1) is 0 Å². The Morgan fingerprint density at radius 3 is 2.52 bits per heavy atom. The fourth-order valence-electron chi connectivity index (χ4n) is 6.67. The van der Waals surface area contributed by atoms with Crippen LogP contribution in [0.1, 0.15) is 65.7 Å². The second-order valence-corrected chi connectivity index (χ2v) is 9.13. The minimum Gasteiger partial charge on any atom is -0.454 e. The fraction of sp³-hybridized carbons (Fsp3) is 0.762. The van der Waals surface area contributed by atoms with Crippen LogP contribution in [0.5, 0.6) is 0 Å². The van der Waals surface area contributed by atoms with E-state index < -0.39 is 6.10 Å². The number of fused-ring (bicyclic) bond motifs is 5. The Kier molecular flexibility index (Phi) is 3.75. The van der Waals surface area contributed by atoms with Gasteiger partial charge in [-0.25, -0.2) is 0 Å². The number of Topliss-reactive ketones (excluding diaryl/α,β-unsaturated/α-hetero) is 1. The molecular weight excluding hydrogens is 316 g/mol. The summed E-state index contributed by atoms with van der Waals surface area (Å²) in [6.45, 7) is 5.82. The number of carbonyl (C=O) groups excluding carboxylic acids is 3. The normalized spacial score (nSPS) is 46.0. The average Bonchev–Trinajstić information content (AvgIpc) is 2.84. The monoisotopic (exact) mass is 344 g/mol. The van der Waals surface area contributed by atoms with Crippen molar-refractivity contribution in [2.24, 2.45) is 28.6 Å². The molecule has 0 bridgehead atoms. The van der Waals surface area contributed by atoms with Crippen molar-refractivity contribution in [3.05, 3.63) is 11.6 Å². The first-order valence-electron chi connectivity index (χ1n) is 9.71. The van der Waals surface area contributed by atoms with E-state index in [4.69, 9.17) is 4.74 Å². The summed E-state index contributed by atoms with van der Waals surface area (Å²) in [6.07, 6.45) is 7.53. The van der Waals surface area contributed by atoms with Crippen LogP contribution < -0.4 is 0 Å². The minimum absolute atomic E-state index is 0.0576. The van der Waals surface area contributed by atoms with Gasteiger partial charge in [0.05, 0.1) is 0 Å². The highest BCUT2D eigenvalue weighted by molar-refractivity contribution is 5.96. The van der Waals surface area contributed by atoms with Crippen molar-refractivity contribution in [2.75, 3.05) is 0 Å². The van der Waals surface area contributed by atoms with E-state index >= 15 is 0 Å². The van der Waals surface area contributed by atoms with E-state index in [1.807, 2.05) is 0 Å². The highest BCUT2D eigenvalue weighted by Gasteiger charge is 2.59. The van der Waals surface area contributed by atoms with E-state index in [1.165, 1.54) is 12.5 Å². The predicted molar refractivity (Wildman–Crippen MR) is 92.7 cm³/mol. The number of ether oxygens (including phenoxy) is 1. The summed E-state index contributed by atoms with van der Waals surface area (Å²) < 4.78 is 5.33. The van der Waals surface area contributed by atoms with Crippen LogP contribution in [0, 0.1) is 28.6 Å². The van der Waals surface area contributed by atoms with E-state index in [0.717, 1.165) is 38.5 Å². The lowest BCUT2D eigenvalue weighted by Crippen LogP contribution is -2.52. The van der Waals surface area contributed by atoms with Crippen molar-refractivity contribution in [3.8, 4) is 0 Å². The smallest absolute Gasteiger partial charge is 0.303 e. The van der Waals surface area contributed by atoms with Gasteiger partial charge in [0.25, 0.3) is 0 Å². The molecule has 136 valence electrons. The van der Waals surface area contributed by atoms with Crippen LogP contribution in [0.4, 0.5) is 0 Å². The van der Waals surface area contributed by atoms with Gasteiger partial charge in [0.2, 0.25) is 0 Å². The van der Waals surface area contributed by atoms with Crippen LogP contribution in [0.15, 0.2) is 11.6 Å². The molecule has 0 N–H and O–H groups in total. The Bertz CT molecular complexity index is 677. The van der Waals surface area contributed by atoms with Crippen molar-refractivity contribution in [2.45, 2.75) is 71.8 Å². The van der Waals surface area contributed by atoms with Crippen LogP contribution in [0.3, 0.4) is 0 Å². The SMILES string of the molecule is CC(=O)OC1CC2(C)C(=CC1=O)CCC1C3CCC(=O)C3(C)CCC12. The maximum Gasteiger partial charge on any atom is 0.303 e. The first-order chi connectivity index (χ1) is 11.8. The van der Waals surface area contributed by atoms with Gasteiger partial charge in [-0.3, -0.25) is 14.4 Å². The highest BCUT2D eigenvalue weighted by atomic mass is 16.5. The maximum atomic E-state index is 12.5. The Morgan fingerprint density at radius 1 is 1.08 bits per heavy atom. The second kappa shape index (κ2) is 5.52. The Morgan fingerprint density at radius 2 is 1.80 bits per heavy atom. The Hall–Kier alpha value is -1.45. The van der Waals surface area contributed by atoms with Gasteiger partial charge in [0.1, 0.15) is 5.78 Å². The molecule has 0 amide bonds. The summed E-state index contributed by atoms with van der Waals surface area (Å²) in [4.78, 5) is 36.2. The first kappa shape index (κ1) is 17.0. The number of esters is 1. The molecule has 0 saturated heterocycles. The van der Waals surface area contributed by atoms with Gasteiger partial charge in [-0.05, 0) is 61.3 Å². The van der Waals surface area contributed by atoms with Crippen molar-refractivity contribution < 1.29 is 19.1 Å². The molecule has 4 rings (SSSR count). The number of hydrogen-bond donors (Lipinski definition) is 0. The molecular formula is C21H28O4. The Labute approximate surface area is 149 Å². The van der Waals surface area contributed by atoms with Crippen molar-refractivity contribution in [1.29, 1.82) is 0 Å². The molecule has 0 aromatic rings. The van der Waals surface area contributed by atoms with E-state index in [2.05, 4.69) is 13.8 Å². The Balaban J connectivity index is 1.66. The molecule has 0 radical (unpaired) electrons. The topological polar surface area (TPSA) is 60.4 Å². The molecule has 4 aliphatic carbocycles. The molecule has 3 fully saturated rings. The summed E-state index contributed by atoms with van der Waals surface area (Å²) >= 11 is 0. The lowest BCUT2D eigenvalue weighted by molar-refractivity contribution is -0.156. The van der Waals surface area contributed by atoms with Crippen LogP contribution in [-0.2, 0) is 19.1 Å². The number of hydrogen-bond acceptors (Lipinski definition) is 4. The molecule has 0 aromatic carbocycles. The molecule has 4 nitrogen and oxygen atoms in total. The van der Waals surface area contributed by atoms with Gasteiger partial charge in [0, 0.05) is 25.2 Å². The zero-order valence-corrected chi connectivity index (χ0v) is 15.5. The van der Waals surface area contributed by atoms with Gasteiger partial charge >= 0.3 is 5.97 Å². The number of allylic oxidation sites excluding steroid dienone is 1. The molecule has 3 saturated carbocycles. The van der Waals surface area contributed by atoms with Crippen molar-refractivity contribution >= 4 is 17.5 Å². The predicted octanol–water partition coefficient (Wildman–Crippen LogP) is 3.63. The van der Waals surface area contributed by atoms with E-state index in [0.29, 0.717) is 30.0 Å². The van der Waals surface area contributed by atoms with E-state index in [9.17, 15) is 14.4 Å². The maximum absolute atomic E-state index is 12.5. The first-order valence-corrected chi connectivity index (χ1v) is 9.71. The summed E-state index contributed by atoms with van der Waals surface area (Å²) in [6, 6.07) is 0. The van der Waals surface area contributed by atoms with Crippen LogP contribution in [-0.4, -0.2) is 23.6 Å². The molecule has 6 unspecified atom stereocenters. The van der Waals surface area contributed by atoms with E-state index in [-0.39, 0.29) is 22.6 Å². The lowest BCUT2D eigenvalue weighted by atomic mass is 9.47. The van der Waals surface area contributed by atoms with E-state index in [1.54, 1.807) is 6.08 Å².